The van der Waals surface area contributed by atoms with Gasteiger partial charge in [0.05, 0.1) is 0 Å². The normalized spacial score (nSPS) is 13.3. The molecule has 0 saturated heterocycles. The van der Waals surface area contributed by atoms with Gasteiger partial charge in [0.2, 0.25) is 0 Å². The first kappa shape index (κ1) is 13.7. The molecule has 0 radical (unpaired) electrons. The molecule has 3 aromatic rings. The lowest BCUT2D eigenvalue weighted by atomic mass is 9.90. The number of hydrogen-bond acceptors (Lipinski definition) is 1. The molecule has 4 rings (SSSR count). The summed E-state index contributed by atoms with van der Waals surface area (Å²) >= 11 is 0. The Balaban J connectivity index is 1.93. The summed E-state index contributed by atoms with van der Waals surface area (Å²) in [6.07, 6.45) is 7.17. The van der Waals surface area contributed by atoms with Gasteiger partial charge in [-0.1, -0.05) is 72.8 Å². The van der Waals surface area contributed by atoms with Gasteiger partial charge < -0.3 is 0 Å². The Kier molecular flexibility index (Phi) is 3.39. The molecule has 0 atom stereocenters. The second kappa shape index (κ2) is 5.69. The van der Waals surface area contributed by atoms with Crippen LogP contribution in [0.2, 0.25) is 0 Å². The van der Waals surface area contributed by atoms with Gasteiger partial charge in [-0.15, -0.1) is 0 Å². The predicted octanol–water partition coefficient (Wildman–Crippen LogP) is 5.41. The van der Waals surface area contributed by atoms with Crippen LogP contribution in [0.5, 0.6) is 0 Å². The van der Waals surface area contributed by atoms with Crippen molar-refractivity contribution in [1.82, 2.24) is 0 Å². The molecule has 0 N–H and O–H groups in total. The third-order valence-corrected chi connectivity index (χ3v) is 4.28. The first-order valence-electron chi connectivity index (χ1n) is 7.81. The van der Waals surface area contributed by atoms with Crippen molar-refractivity contribution in [2.24, 2.45) is 0 Å². The number of allylic oxidation sites excluding steroid dienone is 4. The van der Waals surface area contributed by atoms with Gasteiger partial charge >= 0.3 is 0 Å². The fraction of sp³-hybridized carbons (Fsp3) is 0.0455. The van der Waals surface area contributed by atoms with Gasteiger partial charge in [-0.25, -0.2) is 0 Å². The van der Waals surface area contributed by atoms with E-state index in [0.717, 1.165) is 28.5 Å². The third-order valence-electron chi connectivity index (χ3n) is 4.28. The number of ketones is 1. The number of rotatable bonds is 3. The summed E-state index contributed by atoms with van der Waals surface area (Å²) in [5, 5.41) is 2.27. The third kappa shape index (κ3) is 2.51. The highest BCUT2D eigenvalue weighted by Crippen LogP contribution is 2.31. The van der Waals surface area contributed by atoms with Gasteiger partial charge in [0.25, 0.3) is 0 Å². The highest BCUT2D eigenvalue weighted by molar-refractivity contribution is 6.13. The molecule has 23 heavy (non-hydrogen) atoms. The second-order valence-electron chi connectivity index (χ2n) is 5.76. The first-order valence-corrected chi connectivity index (χ1v) is 7.81. The molecule has 110 valence electrons. The van der Waals surface area contributed by atoms with Gasteiger partial charge in [-0.2, -0.15) is 0 Å². The lowest BCUT2D eigenvalue weighted by Crippen LogP contribution is -2.05. The Morgan fingerprint density at radius 1 is 0.826 bits per heavy atom. The molecule has 0 fully saturated rings. The molecule has 0 aliphatic heterocycles. The number of carbonyl (C=O) groups excluding carboxylic acids is 1. The average molecular weight is 296 g/mol. The standard InChI is InChI=1S/C22H16O/c23-22(17-10-2-1-3-11-17)21-15-19-13-7-6-12-18(19)14-20(21)16-8-4-5-9-16/h1-8,10-15H,9H2. The molecule has 0 saturated carbocycles. The zero-order valence-electron chi connectivity index (χ0n) is 12.7. The van der Waals surface area contributed by atoms with Crippen molar-refractivity contribution in [2.75, 3.05) is 0 Å². The van der Waals surface area contributed by atoms with E-state index in [1.165, 1.54) is 11.0 Å². The summed E-state index contributed by atoms with van der Waals surface area (Å²) in [7, 11) is 0. The summed E-state index contributed by atoms with van der Waals surface area (Å²) in [6.45, 7) is 0. The van der Waals surface area contributed by atoms with Crippen molar-refractivity contribution in [3.63, 3.8) is 0 Å². The molecule has 0 bridgehead atoms. The Bertz CT molecular complexity index is 946. The second-order valence-corrected chi connectivity index (χ2v) is 5.76. The van der Waals surface area contributed by atoms with Crippen LogP contribution >= 0.6 is 0 Å². The number of fused-ring (bicyclic) bond motifs is 1. The van der Waals surface area contributed by atoms with Crippen LogP contribution in [0.25, 0.3) is 16.3 Å². The van der Waals surface area contributed by atoms with E-state index in [2.05, 4.69) is 36.4 Å². The lowest BCUT2D eigenvalue weighted by molar-refractivity contribution is 0.103. The summed E-state index contributed by atoms with van der Waals surface area (Å²) in [5.41, 5.74) is 3.76. The van der Waals surface area contributed by atoms with E-state index < -0.39 is 0 Å². The topological polar surface area (TPSA) is 17.1 Å². The smallest absolute Gasteiger partial charge is 0.193 e. The monoisotopic (exact) mass is 296 g/mol. The Hall–Kier alpha value is -2.93. The van der Waals surface area contributed by atoms with Gasteiger partial charge in [0.1, 0.15) is 0 Å². The molecular formula is C22H16O. The Morgan fingerprint density at radius 2 is 1.52 bits per heavy atom. The van der Waals surface area contributed by atoms with Crippen LogP contribution in [0.1, 0.15) is 27.9 Å². The predicted molar refractivity (Wildman–Crippen MR) is 95.6 cm³/mol. The highest BCUT2D eigenvalue weighted by Gasteiger charge is 2.17. The molecular weight excluding hydrogens is 280 g/mol. The largest absolute Gasteiger partial charge is 0.289 e. The molecule has 0 unspecified atom stereocenters. The van der Waals surface area contributed by atoms with Crippen molar-refractivity contribution in [1.29, 1.82) is 0 Å². The van der Waals surface area contributed by atoms with E-state index in [4.69, 9.17) is 0 Å². The van der Waals surface area contributed by atoms with Crippen LogP contribution in [0.4, 0.5) is 0 Å². The first-order chi connectivity index (χ1) is 11.3. The van der Waals surface area contributed by atoms with Crippen molar-refractivity contribution in [3.05, 3.63) is 102 Å². The maximum absolute atomic E-state index is 13.0. The number of benzene rings is 3. The Morgan fingerprint density at radius 3 is 2.22 bits per heavy atom. The SMILES string of the molecule is O=C(c1ccccc1)c1cc2ccccc2cc1C1=CC=CC1. The maximum atomic E-state index is 13.0. The fourth-order valence-corrected chi connectivity index (χ4v) is 3.09. The quantitative estimate of drug-likeness (QED) is 0.590. The van der Waals surface area contributed by atoms with Crippen molar-refractivity contribution in [2.45, 2.75) is 6.42 Å². The zero-order chi connectivity index (χ0) is 15.6. The van der Waals surface area contributed by atoms with Crippen LogP contribution in [-0.2, 0) is 0 Å². The van der Waals surface area contributed by atoms with Gasteiger partial charge in [-0.05, 0) is 40.5 Å². The number of carbonyl (C=O) groups is 1. The fourth-order valence-electron chi connectivity index (χ4n) is 3.09. The molecule has 0 heterocycles. The van der Waals surface area contributed by atoms with E-state index in [0.29, 0.717) is 0 Å². The molecule has 0 amide bonds. The van der Waals surface area contributed by atoms with Crippen molar-refractivity contribution < 1.29 is 4.79 Å². The Labute approximate surface area is 135 Å². The molecule has 1 aliphatic rings. The van der Waals surface area contributed by atoms with Gasteiger partial charge in [0.15, 0.2) is 5.78 Å². The molecule has 1 heteroatoms. The molecule has 0 spiro atoms. The van der Waals surface area contributed by atoms with E-state index in [9.17, 15) is 4.79 Å². The highest BCUT2D eigenvalue weighted by atomic mass is 16.1. The molecule has 3 aromatic carbocycles. The van der Waals surface area contributed by atoms with E-state index in [1.54, 1.807) is 0 Å². The van der Waals surface area contributed by atoms with E-state index >= 15 is 0 Å². The van der Waals surface area contributed by atoms with E-state index in [-0.39, 0.29) is 5.78 Å². The number of hydrogen-bond donors (Lipinski definition) is 0. The minimum absolute atomic E-state index is 0.0825. The van der Waals surface area contributed by atoms with Crippen LogP contribution < -0.4 is 0 Å². The minimum Gasteiger partial charge on any atom is -0.289 e. The van der Waals surface area contributed by atoms with Crippen LogP contribution in [-0.4, -0.2) is 5.78 Å². The maximum Gasteiger partial charge on any atom is 0.193 e. The van der Waals surface area contributed by atoms with Crippen LogP contribution in [0.3, 0.4) is 0 Å². The summed E-state index contributed by atoms with van der Waals surface area (Å²) in [4.78, 5) is 13.0. The van der Waals surface area contributed by atoms with Crippen LogP contribution in [0, 0.1) is 0 Å². The molecule has 1 aliphatic carbocycles. The molecule has 1 nitrogen and oxygen atoms in total. The average Bonchev–Trinajstić information content (AvgIpc) is 3.15. The zero-order valence-corrected chi connectivity index (χ0v) is 12.7. The lowest BCUT2D eigenvalue weighted by Gasteiger charge is -2.12. The van der Waals surface area contributed by atoms with Gasteiger partial charge in [0, 0.05) is 11.1 Å². The van der Waals surface area contributed by atoms with Crippen molar-refractivity contribution in [3.8, 4) is 0 Å². The minimum atomic E-state index is 0.0825. The van der Waals surface area contributed by atoms with Crippen molar-refractivity contribution >= 4 is 22.1 Å². The van der Waals surface area contributed by atoms with E-state index in [1.807, 2.05) is 48.5 Å². The summed E-state index contributed by atoms with van der Waals surface area (Å²) in [6, 6.07) is 21.9. The van der Waals surface area contributed by atoms with Crippen LogP contribution in [0.15, 0.2) is 85.0 Å². The summed E-state index contributed by atoms with van der Waals surface area (Å²) < 4.78 is 0. The van der Waals surface area contributed by atoms with Gasteiger partial charge in [-0.3, -0.25) is 4.79 Å². The molecule has 0 aromatic heterocycles. The summed E-state index contributed by atoms with van der Waals surface area (Å²) in [5.74, 6) is 0.0825.